The average Bonchev–Trinajstić information content (AvgIpc) is 2.85. The van der Waals surface area contributed by atoms with Crippen LogP contribution >= 0.6 is 11.6 Å². The molecule has 3 rings (SSSR count). The number of benzene rings is 1. The van der Waals surface area contributed by atoms with E-state index in [0.717, 1.165) is 25.7 Å². The molecule has 0 bridgehead atoms. The highest BCUT2D eigenvalue weighted by molar-refractivity contribution is 6.32. The molecule has 1 aromatic rings. The minimum Gasteiger partial charge on any atom is -0.495 e. The Balaban J connectivity index is 1.56. The van der Waals surface area contributed by atoms with Gasteiger partial charge < -0.3 is 10.1 Å². The summed E-state index contributed by atoms with van der Waals surface area (Å²) in [6, 6.07) is 4.94. The van der Waals surface area contributed by atoms with E-state index in [1.807, 2.05) is 0 Å². The number of anilines is 1. The number of halogens is 1. The van der Waals surface area contributed by atoms with Crippen molar-refractivity contribution in [1.29, 1.82) is 0 Å². The maximum atomic E-state index is 12.4. The lowest BCUT2D eigenvalue weighted by Gasteiger charge is -2.19. The molecule has 7 heteroatoms. The molecule has 134 valence electrons. The van der Waals surface area contributed by atoms with Crippen LogP contribution in [-0.2, 0) is 14.4 Å². The van der Waals surface area contributed by atoms with Gasteiger partial charge in [-0.1, -0.05) is 24.4 Å². The number of fused-ring (bicyclic) bond motifs is 1. The molecule has 6 nitrogen and oxygen atoms in total. The Labute approximate surface area is 151 Å². The van der Waals surface area contributed by atoms with Gasteiger partial charge in [0.25, 0.3) is 0 Å². The molecule has 2 aliphatic rings. The number of nitrogens with one attached hydrogen (secondary N) is 1. The van der Waals surface area contributed by atoms with Gasteiger partial charge in [0.1, 0.15) is 5.75 Å². The smallest absolute Gasteiger partial charge is 0.233 e. The van der Waals surface area contributed by atoms with Crippen molar-refractivity contribution in [2.24, 2.45) is 11.8 Å². The Kier molecular flexibility index (Phi) is 5.27. The molecule has 1 saturated heterocycles. The molecule has 2 atom stereocenters. The molecule has 25 heavy (non-hydrogen) atoms. The maximum Gasteiger partial charge on any atom is 0.233 e. The van der Waals surface area contributed by atoms with Gasteiger partial charge in [-0.3, -0.25) is 19.3 Å². The van der Waals surface area contributed by atoms with Crippen LogP contribution in [-0.4, -0.2) is 36.3 Å². The topological polar surface area (TPSA) is 75.7 Å². The zero-order chi connectivity index (χ0) is 18.0. The number of imide groups is 1. The Morgan fingerprint density at radius 2 is 1.88 bits per heavy atom. The third-order valence-corrected chi connectivity index (χ3v) is 5.23. The average molecular weight is 365 g/mol. The predicted molar refractivity (Wildman–Crippen MR) is 93.4 cm³/mol. The number of rotatable bonds is 5. The van der Waals surface area contributed by atoms with E-state index in [2.05, 4.69) is 5.32 Å². The van der Waals surface area contributed by atoms with Crippen LogP contribution in [0.3, 0.4) is 0 Å². The SMILES string of the molecule is COc1ccc(NC(=O)CCN2C(=O)C3CCCCC3C2=O)cc1Cl. The molecular weight excluding hydrogens is 344 g/mol. The summed E-state index contributed by atoms with van der Waals surface area (Å²) in [6.45, 7) is 0.125. The first-order valence-electron chi connectivity index (χ1n) is 8.50. The third kappa shape index (κ3) is 3.63. The molecular formula is C18H21ClN2O4. The summed E-state index contributed by atoms with van der Waals surface area (Å²) in [5.41, 5.74) is 0.545. The van der Waals surface area contributed by atoms with Crippen LogP contribution in [0.1, 0.15) is 32.1 Å². The van der Waals surface area contributed by atoms with E-state index < -0.39 is 0 Å². The highest BCUT2D eigenvalue weighted by Crippen LogP contribution is 2.38. The fraction of sp³-hybridized carbons (Fsp3) is 0.500. The summed E-state index contributed by atoms with van der Waals surface area (Å²) >= 11 is 6.03. The number of hydrogen-bond donors (Lipinski definition) is 1. The largest absolute Gasteiger partial charge is 0.495 e. The number of hydrogen-bond acceptors (Lipinski definition) is 4. The molecule has 0 spiro atoms. The van der Waals surface area contributed by atoms with E-state index in [9.17, 15) is 14.4 Å². The number of amides is 3. The van der Waals surface area contributed by atoms with Gasteiger partial charge in [-0.15, -0.1) is 0 Å². The van der Waals surface area contributed by atoms with Crippen molar-refractivity contribution in [1.82, 2.24) is 4.90 Å². The van der Waals surface area contributed by atoms with Crippen LogP contribution in [0.25, 0.3) is 0 Å². The summed E-state index contributed by atoms with van der Waals surface area (Å²) in [5.74, 6) is -0.327. The summed E-state index contributed by atoms with van der Waals surface area (Å²) in [6.07, 6.45) is 3.62. The monoisotopic (exact) mass is 364 g/mol. The van der Waals surface area contributed by atoms with Crippen molar-refractivity contribution in [2.75, 3.05) is 19.0 Å². The summed E-state index contributed by atoms with van der Waals surface area (Å²) in [4.78, 5) is 38.1. The second-order valence-electron chi connectivity index (χ2n) is 6.47. The van der Waals surface area contributed by atoms with Crippen LogP contribution in [0.5, 0.6) is 5.75 Å². The summed E-state index contributed by atoms with van der Waals surface area (Å²) in [7, 11) is 1.52. The predicted octanol–water partition coefficient (Wildman–Crippen LogP) is 2.85. The first-order valence-corrected chi connectivity index (χ1v) is 8.87. The van der Waals surface area contributed by atoms with Crippen LogP contribution in [0.4, 0.5) is 5.69 Å². The first-order chi connectivity index (χ1) is 12.0. The fourth-order valence-corrected chi connectivity index (χ4v) is 3.89. The summed E-state index contributed by atoms with van der Waals surface area (Å²) in [5, 5.41) is 3.12. The molecule has 1 aromatic carbocycles. The maximum absolute atomic E-state index is 12.4. The number of ether oxygens (including phenoxy) is 1. The normalized spacial score (nSPS) is 22.7. The Morgan fingerprint density at radius 3 is 2.44 bits per heavy atom. The van der Waals surface area contributed by atoms with Gasteiger partial charge >= 0.3 is 0 Å². The Bertz CT molecular complexity index is 682. The van der Waals surface area contributed by atoms with Crippen molar-refractivity contribution in [2.45, 2.75) is 32.1 Å². The van der Waals surface area contributed by atoms with E-state index >= 15 is 0 Å². The van der Waals surface area contributed by atoms with Crippen molar-refractivity contribution < 1.29 is 19.1 Å². The van der Waals surface area contributed by atoms with Crippen molar-refractivity contribution in [3.63, 3.8) is 0 Å². The van der Waals surface area contributed by atoms with E-state index in [1.54, 1.807) is 18.2 Å². The molecule has 2 unspecified atom stereocenters. The Morgan fingerprint density at radius 1 is 1.24 bits per heavy atom. The molecule has 1 aliphatic carbocycles. The van der Waals surface area contributed by atoms with Crippen molar-refractivity contribution in [3.8, 4) is 5.75 Å². The highest BCUT2D eigenvalue weighted by Gasteiger charge is 2.47. The molecule has 0 radical (unpaired) electrons. The lowest BCUT2D eigenvalue weighted by Crippen LogP contribution is -2.34. The molecule has 3 amide bonds. The third-order valence-electron chi connectivity index (χ3n) is 4.93. The lowest BCUT2D eigenvalue weighted by atomic mass is 9.81. The zero-order valence-corrected chi connectivity index (χ0v) is 14.8. The number of carbonyl (C=O) groups is 3. The minimum atomic E-state index is -0.267. The Hall–Kier alpha value is -2.08. The number of methoxy groups -OCH3 is 1. The number of nitrogens with zero attached hydrogens (tertiary/aromatic N) is 1. The quantitative estimate of drug-likeness (QED) is 0.815. The standard InChI is InChI=1S/C18H21ClN2O4/c1-25-15-7-6-11(10-14(15)19)20-16(22)8-9-21-17(23)12-4-2-3-5-13(12)18(21)24/h6-7,10,12-13H,2-5,8-9H2,1H3,(H,20,22). The fourth-order valence-electron chi connectivity index (χ4n) is 3.63. The highest BCUT2D eigenvalue weighted by atomic mass is 35.5. The number of carbonyl (C=O) groups excluding carboxylic acids is 3. The van der Waals surface area contributed by atoms with Gasteiger partial charge in [-0.25, -0.2) is 0 Å². The van der Waals surface area contributed by atoms with E-state index in [0.29, 0.717) is 16.5 Å². The second kappa shape index (κ2) is 7.44. The van der Waals surface area contributed by atoms with Crippen LogP contribution in [0.15, 0.2) is 18.2 Å². The molecule has 1 N–H and O–H groups in total. The van der Waals surface area contributed by atoms with E-state index in [1.165, 1.54) is 12.0 Å². The van der Waals surface area contributed by atoms with Gasteiger partial charge in [0.15, 0.2) is 0 Å². The van der Waals surface area contributed by atoms with Gasteiger partial charge in [-0.05, 0) is 31.0 Å². The molecule has 1 aliphatic heterocycles. The van der Waals surface area contributed by atoms with Gasteiger partial charge in [-0.2, -0.15) is 0 Å². The second-order valence-corrected chi connectivity index (χ2v) is 6.88. The molecule has 2 fully saturated rings. The van der Waals surface area contributed by atoms with Crippen LogP contribution in [0.2, 0.25) is 5.02 Å². The lowest BCUT2D eigenvalue weighted by molar-refractivity contribution is -0.140. The first kappa shape index (κ1) is 17.7. The van der Waals surface area contributed by atoms with Crippen LogP contribution < -0.4 is 10.1 Å². The van der Waals surface area contributed by atoms with Crippen molar-refractivity contribution in [3.05, 3.63) is 23.2 Å². The molecule has 1 heterocycles. The van der Waals surface area contributed by atoms with Crippen LogP contribution in [0, 0.1) is 11.8 Å². The molecule has 0 aromatic heterocycles. The summed E-state index contributed by atoms with van der Waals surface area (Å²) < 4.78 is 5.06. The number of likely N-dealkylation sites (tertiary alicyclic amines) is 1. The van der Waals surface area contributed by atoms with Gasteiger partial charge in [0.05, 0.1) is 24.0 Å². The van der Waals surface area contributed by atoms with E-state index in [-0.39, 0.29) is 42.5 Å². The van der Waals surface area contributed by atoms with E-state index in [4.69, 9.17) is 16.3 Å². The van der Waals surface area contributed by atoms with Gasteiger partial charge in [0, 0.05) is 18.7 Å². The van der Waals surface area contributed by atoms with Gasteiger partial charge in [0.2, 0.25) is 17.7 Å². The molecule has 1 saturated carbocycles. The minimum absolute atomic E-state index is 0.0700. The van der Waals surface area contributed by atoms with Crippen molar-refractivity contribution >= 4 is 35.0 Å². The zero-order valence-electron chi connectivity index (χ0n) is 14.1.